The number of urea groups is 1. The molecule has 2 atom stereocenters. The van der Waals surface area contributed by atoms with E-state index in [2.05, 4.69) is 10.6 Å². The molecule has 0 bridgehead atoms. The summed E-state index contributed by atoms with van der Waals surface area (Å²) in [5.41, 5.74) is 0. The van der Waals surface area contributed by atoms with E-state index >= 15 is 0 Å². The maximum Gasteiger partial charge on any atom is 0.315 e. The van der Waals surface area contributed by atoms with Gasteiger partial charge in [0, 0.05) is 19.8 Å². The quantitative estimate of drug-likeness (QED) is 0.639. The summed E-state index contributed by atoms with van der Waals surface area (Å²) < 4.78 is 5.08. The zero-order chi connectivity index (χ0) is 14.8. The fraction of sp³-hybridized carbons (Fsp3) is 0.933. The highest BCUT2D eigenvalue weighted by molar-refractivity contribution is 5.74. The van der Waals surface area contributed by atoms with E-state index < -0.39 is 0 Å². The van der Waals surface area contributed by atoms with E-state index in [-0.39, 0.29) is 24.7 Å². The summed E-state index contributed by atoms with van der Waals surface area (Å²) in [5.74, 6) is 0.504. The molecule has 1 saturated carbocycles. The standard InChI is InChI=1S/C15H30N2O3/c1-3-13(11-20-2)16-15(19)17-14(9-10-18)12-7-5-4-6-8-12/h12-14,18H,3-11H2,1-2H3,(H2,16,17,19). The van der Waals surface area contributed by atoms with Gasteiger partial charge in [-0.3, -0.25) is 0 Å². The first-order chi connectivity index (χ1) is 9.71. The van der Waals surface area contributed by atoms with Crippen molar-refractivity contribution in [1.82, 2.24) is 10.6 Å². The molecule has 0 saturated heterocycles. The van der Waals surface area contributed by atoms with Gasteiger partial charge in [0.05, 0.1) is 12.6 Å². The fourth-order valence-electron chi connectivity index (χ4n) is 2.96. The molecule has 0 spiro atoms. The van der Waals surface area contributed by atoms with Crippen LogP contribution in [0.15, 0.2) is 0 Å². The molecule has 1 aliphatic rings. The van der Waals surface area contributed by atoms with Crippen LogP contribution in [0.2, 0.25) is 0 Å². The summed E-state index contributed by atoms with van der Waals surface area (Å²) in [7, 11) is 1.64. The maximum atomic E-state index is 12.1. The van der Waals surface area contributed by atoms with Crippen molar-refractivity contribution < 1.29 is 14.6 Å². The Labute approximate surface area is 122 Å². The lowest BCUT2D eigenvalue weighted by Crippen LogP contribution is -2.50. The predicted octanol–water partition coefficient (Wildman–Crippen LogP) is 2.04. The van der Waals surface area contributed by atoms with Gasteiger partial charge in [0.15, 0.2) is 0 Å². The Morgan fingerprint density at radius 3 is 2.55 bits per heavy atom. The molecule has 0 aromatic rings. The van der Waals surface area contributed by atoms with Crippen molar-refractivity contribution in [3.05, 3.63) is 0 Å². The summed E-state index contributed by atoms with van der Waals surface area (Å²) in [4.78, 5) is 12.1. The number of hydrogen-bond donors (Lipinski definition) is 3. The zero-order valence-electron chi connectivity index (χ0n) is 12.9. The predicted molar refractivity (Wildman–Crippen MR) is 79.7 cm³/mol. The number of methoxy groups -OCH3 is 1. The summed E-state index contributed by atoms with van der Waals surface area (Å²) in [6, 6.07) is -0.0144. The van der Waals surface area contributed by atoms with Gasteiger partial charge in [-0.1, -0.05) is 26.2 Å². The van der Waals surface area contributed by atoms with Gasteiger partial charge in [-0.2, -0.15) is 0 Å². The van der Waals surface area contributed by atoms with Crippen LogP contribution in [0.5, 0.6) is 0 Å². The van der Waals surface area contributed by atoms with E-state index in [1.807, 2.05) is 6.92 Å². The molecule has 0 heterocycles. The number of ether oxygens (including phenoxy) is 1. The highest BCUT2D eigenvalue weighted by atomic mass is 16.5. The summed E-state index contributed by atoms with van der Waals surface area (Å²) in [5, 5.41) is 15.2. The third-order valence-electron chi connectivity index (χ3n) is 4.17. The molecular weight excluding hydrogens is 256 g/mol. The Kier molecular flexibility index (Phi) is 8.62. The Hall–Kier alpha value is -0.810. The van der Waals surface area contributed by atoms with Crippen LogP contribution in [0.3, 0.4) is 0 Å². The third-order valence-corrected chi connectivity index (χ3v) is 4.17. The Morgan fingerprint density at radius 1 is 1.30 bits per heavy atom. The van der Waals surface area contributed by atoms with Crippen molar-refractivity contribution in [1.29, 1.82) is 0 Å². The van der Waals surface area contributed by atoms with Crippen LogP contribution in [0.25, 0.3) is 0 Å². The fourth-order valence-corrected chi connectivity index (χ4v) is 2.96. The second kappa shape index (κ2) is 10.00. The van der Waals surface area contributed by atoms with Gasteiger partial charge in [0.2, 0.25) is 0 Å². The molecule has 20 heavy (non-hydrogen) atoms. The average Bonchev–Trinajstić information content (AvgIpc) is 2.47. The van der Waals surface area contributed by atoms with Gasteiger partial charge in [-0.15, -0.1) is 0 Å². The minimum atomic E-state index is -0.141. The smallest absolute Gasteiger partial charge is 0.315 e. The van der Waals surface area contributed by atoms with Crippen LogP contribution in [0.1, 0.15) is 51.9 Å². The normalized spacial score (nSPS) is 19.4. The molecule has 1 rings (SSSR count). The van der Waals surface area contributed by atoms with Gasteiger partial charge in [-0.05, 0) is 31.6 Å². The van der Waals surface area contributed by atoms with E-state index in [1.54, 1.807) is 7.11 Å². The van der Waals surface area contributed by atoms with Crippen LogP contribution in [0.4, 0.5) is 4.79 Å². The first-order valence-corrected chi connectivity index (χ1v) is 7.88. The van der Waals surface area contributed by atoms with Crippen molar-refractivity contribution in [2.45, 2.75) is 64.0 Å². The molecule has 1 fully saturated rings. The van der Waals surface area contributed by atoms with Crippen LogP contribution in [0, 0.1) is 5.92 Å². The Bertz CT molecular complexity index is 268. The van der Waals surface area contributed by atoms with Crippen molar-refractivity contribution in [2.24, 2.45) is 5.92 Å². The van der Waals surface area contributed by atoms with Crippen LogP contribution >= 0.6 is 0 Å². The number of carbonyl (C=O) groups excluding carboxylic acids is 1. The highest BCUT2D eigenvalue weighted by Gasteiger charge is 2.25. The van der Waals surface area contributed by atoms with E-state index in [1.165, 1.54) is 19.3 Å². The highest BCUT2D eigenvalue weighted by Crippen LogP contribution is 2.27. The monoisotopic (exact) mass is 286 g/mol. The molecule has 3 N–H and O–H groups in total. The Morgan fingerprint density at radius 2 is 2.00 bits per heavy atom. The molecule has 5 heteroatoms. The van der Waals surface area contributed by atoms with Gasteiger partial charge in [-0.25, -0.2) is 4.79 Å². The molecule has 1 aliphatic carbocycles. The molecule has 5 nitrogen and oxygen atoms in total. The molecule has 0 aromatic carbocycles. The molecule has 118 valence electrons. The molecule has 0 aliphatic heterocycles. The SMILES string of the molecule is CCC(COC)NC(=O)NC(CCO)C1CCCCC1. The molecule has 0 aromatic heterocycles. The number of hydrogen-bond acceptors (Lipinski definition) is 3. The van der Waals surface area contributed by atoms with E-state index in [4.69, 9.17) is 4.74 Å². The van der Waals surface area contributed by atoms with Crippen molar-refractivity contribution >= 4 is 6.03 Å². The number of aliphatic hydroxyl groups excluding tert-OH is 1. The first kappa shape index (κ1) is 17.2. The minimum absolute atomic E-state index is 0.0427. The number of rotatable bonds is 8. The average molecular weight is 286 g/mol. The molecule has 0 radical (unpaired) electrons. The lowest BCUT2D eigenvalue weighted by molar-refractivity contribution is 0.159. The van der Waals surface area contributed by atoms with Crippen LogP contribution < -0.4 is 10.6 Å². The van der Waals surface area contributed by atoms with Gasteiger partial charge in [0.1, 0.15) is 0 Å². The Balaban J connectivity index is 2.44. The number of aliphatic hydroxyl groups is 1. The van der Waals surface area contributed by atoms with E-state index in [0.717, 1.165) is 19.3 Å². The zero-order valence-corrected chi connectivity index (χ0v) is 12.9. The largest absolute Gasteiger partial charge is 0.396 e. The van der Waals surface area contributed by atoms with Crippen LogP contribution in [-0.4, -0.2) is 43.5 Å². The minimum Gasteiger partial charge on any atom is -0.396 e. The van der Waals surface area contributed by atoms with Gasteiger partial charge in [0.25, 0.3) is 0 Å². The molecular formula is C15H30N2O3. The molecule has 2 amide bonds. The lowest BCUT2D eigenvalue weighted by atomic mass is 9.83. The van der Waals surface area contributed by atoms with Crippen molar-refractivity contribution in [2.75, 3.05) is 20.3 Å². The van der Waals surface area contributed by atoms with E-state index in [0.29, 0.717) is 18.9 Å². The summed E-state index contributed by atoms with van der Waals surface area (Å²) in [6.07, 6.45) is 7.55. The number of nitrogens with one attached hydrogen (secondary N) is 2. The van der Waals surface area contributed by atoms with Crippen molar-refractivity contribution in [3.8, 4) is 0 Å². The van der Waals surface area contributed by atoms with Gasteiger partial charge < -0.3 is 20.5 Å². The van der Waals surface area contributed by atoms with Crippen LogP contribution in [-0.2, 0) is 4.74 Å². The second-order valence-electron chi connectivity index (χ2n) is 5.70. The summed E-state index contributed by atoms with van der Waals surface area (Å²) >= 11 is 0. The van der Waals surface area contributed by atoms with Crippen molar-refractivity contribution in [3.63, 3.8) is 0 Å². The topological polar surface area (TPSA) is 70.6 Å². The number of amides is 2. The lowest BCUT2D eigenvalue weighted by Gasteiger charge is -2.31. The maximum absolute atomic E-state index is 12.1. The van der Waals surface area contributed by atoms with E-state index in [9.17, 15) is 9.90 Å². The summed E-state index contributed by atoms with van der Waals surface area (Å²) in [6.45, 7) is 2.67. The first-order valence-electron chi connectivity index (χ1n) is 7.88. The van der Waals surface area contributed by atoms with Gasteiger partial charge >= 0.3 is 6.03 Å². The second-order valence-corrected chi connectivity index (χ2v) is 5.70. The number of carbonyl (C=O) groups is 1. The molecule has 2 unspecified atom stereocenters. The third kappa shape index (κ3) is 6.09.